The number of nitrogens with one attached hydrogen (secondary N) is 1. The van der Waals surface area contributed by atoms with Gasteiger partial charge in [-0.1, -0.05) is 30.3 Å². The monoisotopic (exact) mass is 263 g/mol. The number of hydrogen-bond acceptors (Lipinski definition) is 3. The van der Waals surface area contributed by atoms with Gasteiger partial charge in [-0.3, -0.25) is 9.59 Å². The minimum atomic E-state index is -1.25. The molecule has 2 atom stereocenters. The third kappa shape index (κ3) is 3.79. The van der Waals surface area contributed by atoms with Crippen LogP contribution >= 0.6 is 0 Å². The summed E-state index contributed by atoms with van der Waals surface area (Å²) in [5.74, 6) is -1.25. The highest BCUT2D eigenvalue weighted by atomic mass is 16.4. The third-order valence-corrected chi connectivity index (χ3v) is 3.28. The SMILES string of the molecule is O=C(O)CC(NC(=O)C(O)c1ccccc1)C1CC1. The van der Waals surface area contributed by atoms with E-state index in [2.05, 4.69) is 5.32 Å². The number of carbonyl (C=O) groups excluding carboxylic acids is 1. The molecule has 5 nitrogen and oxygen atoms in total. The Labute approximate surface area is 111 Å². The number of amides is 1. The summed E-state index contributed by atoms with van der Waals surface area (Å²) in [5, 5.41) is 21.4. The molecule has 0 aromatic heterocycles. The lowest BCUT2D eigenvalue weighted by molar-refractivity contribution is -0.138. The smallest absolute Gasteiger partial charge is 0.305 e. The summed E-state index contributed by atoms with van der Waals surface area (Å²) in [6, 6.07) is 8.21. The zero-order valence-electron chi connectivity index (χ0n) is 10.5. The Morgan fingerprint density at radius 1 is 1.26 bits per heavy atom. The van der Waals surface area contributed by atoms with Crippen molar-refractivity contribution in [3.63, 3.8) is 0 Å². The van der Waals surface area contributed by atoms with Crippen LogP contribution in [0.1, 0.15) is 30.9 Å². The van der Waals surface area contributed by atoms with Crippen molar-refractivity contribution in [1.29, 1.82) is 0 Å². The molecule has 0 bridgehead atoms. The van der Waals surface area contributed by atoms with Crippen LogP contribution in [0.5, 0.6) is 0 Å². The molecule has 3 N–H and O–H groups in total. The van der Waals surface area contributed by atoms with Crippen molar-refractivity contribution >= 4 is 11.9 Å². The van der Waals surface area contributed by atoms with Crippen LogP contribution in [0.2, 0.25) is 0 Å². The highest BCUT2D eigenvalue weighted by Crippen LogP contribution is 2.34. The van der Waals surface area contributed by atoms with Gasteiger partial charge in [0.25, 0.3) is 5.91 Å². The maximum absolute atomic E-state index is 11.9. The van der Waals surface area contributed by atoms with E-state index in [1.54, 1.807) is 30.3 Å². The maximum atomic E-state index is 11.9. The Morgan fingerprint density at radius 2 is 1.89 bits per heavy atom. The molecule has 1 amide bonds. The molecular formula is C14H17NO4. The van der Waals surface area contributed by atoms with Crippen LogP contribution in [-0.4, -0.2) is 28.1 Å². The first-order valence-electron chi connectivity index (χ1n) is 6.33. The van der Waals surface area contributed by atoms with Gasteiger partial charge in [0.1, 0.15) is 0 Å². The molecule has 2 rings (SSSR count). The average molecular weight is 263 g/mol. The van der Waals surface area contributed by atoms with Crippen LogP contribution in [0.25, 0.3) is 0 Å². The number of rotatable bonds is 6. The van der Waals surface area contributed by atoms with E-state index in [0.29, 0.717) is 5.56 Å². The topological polar surface area (TPSA) is 86.6 Å². The first-order valence-corrected chi connectivity index (χ1v) is 6.33. The summed E-state index contributed by atoms with van der Waals surface area (Å²) in [5.41, 5.74) is 0.505. The van der Waals surface area contributed by atoms with Crippen molar-refractivity contribution in [2.75, 3.05) is 0 Å². The number of benzene rings is 1. The van der Waals surface area contributed by atoms with Gasteiger partial charge in [-0.05, 0) is 24.3 Å². The molecule has 19 heavy (non-hydrogen) atoms. The molecule has 2 unspecified atom stereocenters. The van der Waals surface area contributed by atoms with Gasteiger partial charge in [0.05, 0.1) is 6.42 Å². The van der Waals surface area contributed by atoms with Crippen molar-refractivity contribution < 1.29 is 19.8 Å². The lowest BCUT2D eigenvalue weighted by Crippen LogP contribution is -2.40. The number of hydrogen-bond donors (Lipinski definition) is 3. The number of aliphatic carboxylic acids is 1. The third-order valence-electron chi connectivity index (χ3n) is 3.28. The molecule has 1 aromatic carbocycles. The highest BCUT2D eigenvalue weighted by molar-refractivity contribution is 5.82. The molecule has 1 saturated carbocycles. The fourth-order valence-corrected chi connectivity index (χ4v) is 2.07. The molecule has 0 aliphatic heterocycles. The largest absolute Gasteiger partial charge is 0.481 e. The van der Waals surface area contributed by atoms with Crippen molar-refractivity contribution in [2.24, 2.45) is 5.92 Å². The molecule has 0 saturated heterocycles. The molecule has 5 heteroatoms. The van der Waals surface area contributed by atoms with Crippen molar-refractivity contribution in [3.8, 4) is 0 Å². The van der Waals surface area contributed by atoms with E-state index in [9.17, 15) is 14.7 Å². The molecule has 1 aliphatic rings. The van der Waals surface area contributed by atoms with Crippen LogP contribution in [0.3, 0.4) is 0 Å². The Hall–Kier alpha value is -1.88. The molecule has 0 spiro atoms. The van der Waals surface area contributed by atoms with Crippen LogP contribution in [0, 0.1) is 5.92 Å². The zero-order valence-corrected chi connectivity index (χ0v) is 10.5. The molecule has 0 radical (unpaired) electrons. The van der Waals surface area contributed by atoms with Gasteiger partial charge in [0.15, 0.2) is 6.10 Å². The number of carbonyl (C=O) groups is 2. The van der Waals surface area contributed by atoms with Gasteiger partial charge < -0.3 is 15.5 Å². The van der Waals surface area contributed by atoms with Gasteiger partial charge in [0.2, 0.25) is 0 Å². The first-order chi connectivity index (χ1) is 9.08. The normalized spacial score (nSPS) is 17.5. The van der Waals surface area contributed by atoms with Crippen LogP contribution in [0.15, 0.2) is 30.3 Å². The van der Waals surface area contributed by atoms with E-state index < -0.39 is 18.0 Å². The number of aliphatic hydroxyl groups excluding tert-OH is 1. The summed E-state index contributed by atoms with van der Waals surface area (Å²) >= 11 is 0. The Balaban J connectivity index is 1.97. The molecule has 0 heterocycles. The molecule has 102 valence electrons. The summed E-state index contributed by atoms with van der Waals surface area (Å²) < 4.78 is 0. The number of carboxylic acid groups (broad SMARTS) is 1. The van der Waals surface area contributed by atoms with E-state index >= 15 is 0 Å². The lowest BCUT2D eigenvalue weighted by atomic mass is 10.1. The van der Waals surface area contributed by atoms with Crippen LogP contribution in [0.4, 0.5) is 0 Å². The number of carboxylic acids is 1. The second-order valence-electron chi connectivity index (χ2n) is 4.86. The van der Waals surface area contributed by atoms with Crippen LogP contribution < -0.4 is 5.32 Å². The molecule has 1 aromatic rings. The fraction of sp³-hybridized carbons (Fsp3) is 0.429. The van der Waals surface area contributed by atoms with Gasteiger partial charge in [-0.15, -0.1) is 0 Å². The summed E-state index contributed by atoms with van der Waals surface area (Å²) in [7, 11) is 0. The van der Waals surface area contributed by atoms with E-state index in [1.165, 1.54) is 0 Å². The van der Waals surface area contributed by atoms with E-state index in [0.717, 1.165) is 12.8 Å². The Morgan fingerprint density at radius 3 is 2.42 bits per heavy atom. The average Bonchev–Trinajstić information content (AvgIpc) is 3.21. The predicted molar refractivity (Wildman–Crippen MR) is 68.3 cm³/mol. The molecular weight excluding hydrogens is 246 g/mol. The fourth-order valence-electron chi connectivity index (χ4n) is 2.07. The Bertz CT molecular complexity index is 456. The van der Waals surface area contributed by atoms with Gasteiger partial charge in [-0.2, -0.15) is 0 Å². The maximum Gasteiger partial charge on any atom is 0.305 e. The Kier molecular flexibility index (Phi) is 4.16. The highest BCUT2D eigenvalue weighted by Gasteiger charge is 2.34. The molecule has 1 aliphatic carbocycles. The van der Waals surface area contributed by atoms with E-state index in [4.69, 9.17) is 5.11 Å². The lowest BCUT2D eigenvalue weighted by Gasteiger charge is -2.19. The summed E-state index contributed by atoms with van der Waals surface area (Å²) in [6.07, 6.45) is 0.508. The first kappa shape index (κ1) is 13.5. The van der Waals surface area contributed by atoms with Crippen molar-refractivity contribution in [3.05, 3.63) is 35.9 Å². The number of aliphatic hydroxyl groups is 1. The van der Waals surface area contributed by atoms with Gasteiger partial charge >= 0.3 is 5.97 Å². The summed E-state index contributed by atoms with van der Waals surface area (Å²) in [6.45, 7) is 0. The van der Waals surface area contributed by atoms with Gasteiger partial charge in [-0.25, -0.2) is 0 Å². The van der Waals surface area contributed by atoms with E-state index in [-0.39, 0.29) is 18.4 Å². The predicted octanol–water partition coefficient (Wildman–Crippen LogP) is 1.09. The standard InChI is InChI=1S/C14H17NO4/c16-12(17)8-11(9-6-7-9)15-14(19)13(18)10-4-2-1-3-5-10/h1-5,9,11,13,18H,6-8H2,(H,15,19)(H,16,17). The van der Waals surface area contributed by atoms with Gasteiger partial charge in [0, 0.05) is 6.04 Å². The minimum Gasteiger partial charge on any atom is -0.481 e. The zero-order chi connectivity index (χ0) is 13.8. The second-order valence-corrected chi connectivity index (χ2v) is 4.86. The second kappa shape index (κ2) is 5.84. The summed E-state index contributed by atoms with van der Waals surface area (Å²) in [4.78, 5) is 22.7. The molecule has 1 fully saturated rings. The van der Waals surface area contributed by atoms with Crippen molar-refractivity contribution in [2.45, 2.75) is 31.4 Å². The minimum absolute atomic E-state index is 0.0993. The quantitative estimate of drug-likeness (QED) is 0.717. The van der Waals surface area contributed by atoms with Crippen molar-refractivity contribution in [1.82, 2.24) is 5.32 Å². The van der Waals surface area contributed by atoms with E-state index in [1.807, 2.05) is 0 Å². The van der Waals surface area contributed by atoms with Crippen LogP contribution in [-0.2, 0) is 9.59 Å².